The van der Waals surface area contributed by atoms with E-state index in [-0.39, 0.29) is 35.1 Å². The number of piperidine rings is 1. The van der Waals surface area contributed by atoms with Gasteiger partial charge in [-0.3, -0.25) is 0 Å². The van der Waals surface area contributed by atoms with Gasteiger partial charge in [0.15, 0.2) is 34.8 Å². The Morgan fingerprint density at radius 2 is 0.788 bits per heavy atom. The van der Waals surface area contributed by atoms with Gasteiger partial charge in [-0.15, -0.1) is 0 Å². The topological polar surface area (TPSA) is 62.3 Å². The molecule has 1 saturated heterocycles. The van der Waals surface area contributed by atoms with Gasteiger partial charge in [0, 0.05) is 24.4 Å². The second-order valence-corrected chi connectivity index (χ2v) is 32.3. The highest BCUT2D eigenvalue weighted by Gasteiger charge is 2.13. The quantitative estimate of drug-likeness (QED) is 0.0842. The minimum Gasteiger partial charge on any atom is -0.497 e. The van der Waals surface area contributed by atoms with Crippen molar-refractivity contribution in [2.75, 3.05) is 48.6 Å². The van der Waals surface area contributed by atoms with Gasteiger partial charge in [-0.25, -0.2) is 31.3 Å². The van der Waals surface area contributed by atoms with Gasteiger partial charge >= 0.3 is 0 Å². The lowest BCUT2D eigenvalue weighted by molar-refractivity contribution is 0.185. The Hall–Kier alpha value is -9.59. The van der Waals surface area contributed by atoms with Crippen molar-refractivity contribution in [3.63, 3.8) is 0 Å². The van der Waals surface area contributed by atoms with Gasteiger partial charge in [-0.1, -0.05) is 282 Å². The van der Waals surface area contributed by atoms with E-state index >= 15 is 0 Å². The molecule has 0 saturated carbocycles. The molecule has 0 N–H and O–H groups in total. The van der Waals surface area contributed by atoms with Gasteiger partial charge in [-0.05, 0) is 248 Å². The first-order valence-corrected chi connectivity index (χ1v) is 41.7. The molecule has 0 spiro atoms. The number of likely N-dealkylation sites (tertiary alicyclic amines) is 1. The fourth-order valence-corrected chi connectivity index (χ4v) is 11.4. The Balaban J connectivity index is 0.000000650. The van der Waals surface area contributed by atoms with Crippen LogP contribution in [0.15, 0.2) is 230 Å². The van der Waals surface area contributed by atoms with Crippen molar-refractivity contribution in [2.24, 2.45) is 5.92 Å². The first-order valence-electron chi connectivity index (χ1n) is 41.7. The van der Waals surface area contributed by atoms with Gasteiger partial charge in [0.25, 0.3) is 0 Å². The second-order valence-electron chi connectivity index (χ2n) is 32.3. The summed E-state index contributed by atoms with van der Waals surface area (Å²) in [6, 6.07) is 68.0. The zero-order valence-corrected chi connectivity index (χ0v) is 76.7. The van der Waals surface area contributed by atoms with Crippen LogP contribution >= 0.6 is 0 Å². The van der Waals surface area contributed by atoms with E-state index in [4.69, 9.17) is 23.7 Å². The molecule has 1 aromatic heterocycles. The molecule has 13 heteroatoms. The number of hydrogen-bond acceptors (Lipinski definition) is 7. The molecule has 0 radical (unpaired) electrons. The molecule has 2 heterocycles. The molecule has 0 amide bonds. The normalized spacial score (nSPS) is 11.2. The molecule has 646 valence electrons. The van der Waals surface area contributed by atoms with E-state index in [1.54, 1.807) is 50.6 Å². The molecule has 0 unspecified atom stereocenters. The van der Waals surface area contributed by atoms with Crippen molar-refractivity contribution in [3.05, 3.63) is 326 Å². The highest BCUT2D eigenvalue weighted by Crippen LogP contribution is 2.27. The molecule has 1 aliphatic heterocycles. The predicted octanol–water partition coefficient (Wildman–Crippen LogP) is 30.9. The third kappa shape index (κ3) is 45.4. The molecular formula is C105H144F6N2O5. The second kappa shape index (κ2) is 60.0. The number of rotatable bonds is 17. The van der Waals surface area contributed by atoms with E-state index in [1.165, 1.54) is 141 Å². The predicted molar refractivity (Wildman–Crippen MR) is 491 cm³/mol. The monoisotopic (exact) mass is 1630 g/mol. The zero-order valence-electron chi connectivity index (χ0n) is 76.7. The van der Waals surface area contributed by atoms with E-state index in [0.717, 1.165) is 46.0 Å². The number of halogens is 6. The number of aromatic nitrogens is 1. The lowest BCUT2D eigenvalue weighted by atomic mass is 9.99. The molecule has 7 nitrogen and oxygen atoms in total. The number of hydrogen-bond donors (Lipinski definition) is 0. The van der Waals surface area contributed by atoms with Crippen LogP contribution < -0.4 is 23.7 Å². The minimum absolute atomic E-state index is 0.163. The average molecular weight is 1630 g/mol. The highest BCUT2D eigenvalue weighted by atomic mass is 19.2. The van der Waals surface area contributed by atoms with Gasteiger partial charge in [0.1, 0.15) is 23.1 Å². The Bertz CT molecular complexity index is 4210. The maximum atomic E-state index is 13.2. The molecule has 1 aliphatic rings. The van der Waals surface area contributed by atoms with E-state index in [1.807, 2.05) is 96.3 Å². The Labute approximate surface area is 710 Å². The van der Waals surface area contributed by atoms with Gasteiger partial charge < -0.3 is 28.6 Å². The number of aryl methyl sites for hydroxylation is 1. The van der Waals surface area contributed by atoms with Gasteiger partial charge in [0.05, 0.1) is 35.5 Å². The fourth-order valence-electron chi connectivity index (χ4n) is 11.4. The van der Waals surface area contributed by atoms with Crippen LogP contribution in [0, 0.1) is 47.7 Å². The Morgan fingerprint density at radius 1 is 0.356 bits per heavy atom. The standard InChI is InChI=1S/3C10H13FO.C10H14O.2C10H14.C10H12.C9H10F2.C9H11F.C9H13NO.C8H17N/c1-7(2)9-5-4-8(12-3)6-10(9)11;1-7(2)8-4-5-10(12-3)9(11)6-8;1-7(2)8-4-5-9(11)10(6-8)12-3;1-8(2)9-4-6-10(11-3)7-5-9;1-8(2)10-7-5-4-6-9(10)3;2*1-9(2)8-10-6-4-3-5-7-10;1-6(2)7-3-4-8(10)9(11)5-7;1-7(2)8-3-5-9(10)6-4-8;1-7(2)8-4-5-9(11-3)10-6-8;1-8(2)9-6-4-3-5-7-9/h3*4-7H,1-3H3;4-8H,1-3H3;4-8H,1-3H3;3-7,9H,8H2,1-2H3;3-8H,1-2H3;3-6H,1-2H3;3-7H,1-2H3;4-7H,1-3H3;8H,3-7H2,1-2H3. The summed E-state index contributed by atoms with van der Waals surface area (Å²) >= 11 is 0. The molecule has 0 atom stereocenters. The summed E-state index contributed by atoms with van der Waals surface area (Å²) in [5, 5.41) is 0. The minimum atomic E-state index is -0.783. The number of pyridine rings is 1. The zero-order chi connectivity index (χ0) is 89.0. The largest absolute Gasteiger partial charge is 0.497 e. The van der Waals surface area contributed by atoms with E-state index in [9.17, 15) is 26.3 Å². The lowest BCUT2D eigenvalue weighted by Crippen LogP contribution is -2.35. The molecule has 11 rings (SSSR count). The van der Waals surface area contributed by atoms with Crippen molar-refractivity contribution in [1.29, 1.82) is 0 Å². The fraction of sp³-hybridized carbons (Fsp3) is 0.419. The summed E-state index contributed by atoms with van der Waals surface area (Å²) in [5.74, 6) is 4.55. The lowest BCUT2D eigenvalue weighted by Gasteiger charge is -2.29. The van der Waals surface area contributed by atoms with Crippen LogP contribution in [0.5, 0.6) is 28.9 Å². The first kappa shape index (κ1) is 106. The number of methoxy groups -OCH3 is 5. The molecule has 9 aromatic carbocycles. The summed E-state index contributed by atoms with van der Waals surface area (Å²) < 4.78 is 101. The third-order valence-corrected chi connectivity index (χ3v) is 18.8. The number of ether oxygens (including phenoxy) is 5. The summed E-state index contributed by atoms with van der Waals surface area (Å²) in [4.78, 5) is 6.66. The van der Waals surface area contributed by atoms with Crippen LogP contribution in [0.1, 0.15) is 280 Å². The Morgan fingerprint density at radius 3 is 1.18 bits per heavy atom. The molecule has 0 aliphatic carbocycles. The van der Waals surface area contributed by atoms with E-state index in [0.29, 0.717) is 58.6 Å². The van der Waals surface area contributed by atoms with E-state index < -0.39 is 11.6 Å². The van der Waals surface area contributed by atoms with Crippen LogP contribution in [0.25, 0.3) is 6.08 Å². The molecule has 10 aromatic rings. The summed E-state index contributed by atoms with van der Waals surface area (Å²) in [7, 11) is 7.78. The van der Waals surface area contributed by atoms with Crippen molar-refractivity contribution in [1.82, 2.24) is 9.88 Å². The van der Waals surface area contributed by atoms with Crippen LogP contribution in [0.4, 0.5) is 26.3 Å². The maximum Gasteiger partial charge on any atom is 0.212 e. The summed E-state index contributed by atoms with van der Waals surface area (Å²) in [6.45, 7) is 51.3. The summed E-state index contributed by atoms with van der Waals surface area (Å²) in [5.41, 5.74) is 14.3. The number of benzene rings is 9. The van der Waals surface area contributed by atoms with Crippen molar-refractivity contribution < 1.29 is 50.0 Å². The van der Waals surface area contributed by atoms with Crippen LogP contribution in [0.2, 0.25) is 0 Å². The van der Waals surface area contributed by atoms with Crippen LogP contribution in [0.3, 0.4) is 0 Å². The van der Waals surface area contributed by atoms with Crippen LogP contribution in [-0.4, -0.2) is 64.6 Å². The maximum absolute atomic E-state index is 13.2. The van der Waals surface area contributed by atoms with Gasteiger partial charge in [0.2, 0.25) is 5.88 Å². The number of allylic oxidation sites excluding steroid dienone is 1. The SMILES string of the molecule is CC(C)=Cc1ccccc1.CC(C)Cc1ccccc1.CC(C)N1CCCCC1.CC(C)c1ccc(F)c(F)c1.CC(C)c1ccc(F)cc1.COc1cc(C(C)C)ccc1F.COc1ccc(C(C)C)c(F)c1.COc1ccc(C(C)C)cc1.COc1ccc(C(C)C)cc1F.COc1ccc(C(C)C)cn1.Cc1ccccc1C(C)C. The van der Waals surface area contributed by atoms with Gasteiger partial charge in [-0.2, -0.15) is 0 Å². The van der Waals surface area contributed by atoms with Crippen molar-refractivity contribution >= 4 is 6.08 Å². The smallest absolute Gasteiger partial charge is 0.212 e. The molecule has 0 bridgehead atoms. The van der Waals surface area contributed by atoms with Crippen LogP contribution in [-0.2, 0) is 6.42 Å². The van der Waals surface area contributed by atoms with E-state index in [2.05, 4.69) is 225 Å². The average Bonchev–Trinajstić information content (AvgIpc) is 0.845. The Kier molecular flexibility index (Phi) is 54.1. The molecular weight excluding hydrogens is 1480 g/mol. The molecule has 1 fully saturated rings. The summed E-state index contributed by atoms with van der Waals surface area (Å²) in [6.07, 6.45) is 9.49. The van der Waals surface area contributed by atoms with Crippen molar-refractivity contribution in [3.8, 4) is 28.9 Å². The first-order chi connectivity index (χ1) is 55.8. The third-order valence-electron chi connectivity index (χ3n) is 18.8. The molecule has 118 heavy (non-hydrogen) atoms. The number of nitrogens with zero attached hydrogens (tertiary/aromatic N) is 2. The highest BCUT2D eigenvalue weighted by molar-refractivity contribution is 5.51. The van der Waals surface area contributed by atoms with Crippen molar-refractivity contribution in [2.45, 2.75) is 238 Å².